The number of methoxy groups -OCH3 is 2. The molecule has 4 rings (SSSR count). The van der Waals surface area contributed by atoms with Crippen molar-refractivity contribution in [3.63, 3.8) is 0 Å². The molecule has 0 saturated carbocycles. The van der Waals surface area contributed by atoms with Crippen molar-refractivity contribution in [2.24, 2.45) is 7.05 Å². The first-order valence-electron chi connectivity index (χ1n) is 8.59. The first-order chi connectivity index (χ1) is 13.1. The molecule has 0 spiro atoms. The Morgan fingerprint density at radius 3 is 2.85 bits per heavy atom. The summed E-state index contributed by atoms with van der Waals surface area (Å²) in [5.74, 6) is 2.14. The first kappa shape index (κ1) is 17.1. The number of ether oxygens (including phenoxy) is 2. The Kier molecular flexibility index (Phi) is 4.31. The van der Waals surface area contributed by atoms with Crippen LogP contribution in [0, 0.1) is 0 Å². The van der Waals surface area contributed by atoms with Crippen LogP contribution in [0.2, 0.25) is 0 Å². The van der Waals surface area contributed by atoms with Crippen molar-refractivity contribution in [3.8, 4) is 22.8 Å². The van der Waals surface area contributed by atoms with E-state index in [1.54, 1.807) is 43.1 Å². The predicted molar refractivity (Wildman–Crippen MR) is 96.7 cm³/mol. The molecule has 0 aliphatic carbocycles. The van der Waals surface area contributed by atoms with Gasteiger partial charge < -0.3 is 18.9 Å². The molecule has 140 valence electrons. The molecule has 0 radical (unpaired) electrons. The highest BCUT2D eigenvalue weighted by molar-refractivity contribution is 5.94. The number of fused-ring (bicyclic) bond motifs is 1. The first-order valence-corrected chi connectivity index (χ1v) is 8.59. The highest BCUT2D eigenvalue weighted by Crippen LogP contribution is 2.33. The third-order valence-electron chi connectivity index (χ3n) is 4.77. The van der Waals surface area contributed by atoms with Gasteiger partial charge in [-0.2, -0.15) is 5.10 Å². The molecule has 3 aromatic rings. The van der Waals surface area contributed by atoms with Crippen molar-refractivity contribution in [3.05, 3.63) is 47.5 Å². The third-order valence-corrected chi connectivity index (χ3v) is 4.77. The lowest BCUT2D eigenvalue weighted by Gasteiger charge is -2.25. The van der Waals surface area contributed by atoms with E-state index in [0.29, 0.717) is 42.4 Å². The maximum atomic E-state index is 13.0. The lowest BCUT2D eigenvalue weighted by atomic mass is 10.1. The van der Waals surface area contributed by atoms with Crippen LogP contribution in [-0.2, 0) is 20.0 Å². The SMILES string of the molecule is COc1ccc(OC)c(-c2cc(C(=O)N3CCc4oncc4C3)n(C)n2)c1. The minimum absolute atomic E-state index is 0.0787. The fourth-order valence-electron chi connectivity index (χ4n) is 3.29. The maximum absolute atomic E-state index is 13.0. The number of aromatic nitrogens is 3. The topological polar surface area (TPSA) is 82.6 Å². The zero-order valence-electron chi connectivity index (χ0n) is 15.4. The van der Waals surface area contributed by atoms with E-state index in [1.165, 1.54) is 0 Å². The van der Waals surface area contributed by atoms with Gasteiger partial charge in [-0.3, -0.25) is 9.48 Å². The standard InChI is InChI=1S/C19H20N4O4/c1-22-16(19(24)23-7-6-17-12(11-23)10-20-27-17)9-15(21-22)14-8-13(25-2)4-5-18(14)26-3/h4-5,8-10H,6-7,11H2,1-3H3. The Morgan fingerprint density at radius 1 is 1.22 bits per heavy atom. The van der Waals surface area contributed by atoms with Crippen LogP contribution >= 0.6 is 0 Å². The van der Waals surface area contributed by atoms with Crippen LogP contribution in [0.1, 0.15) is 21.8 Å². The minimum Gasteiger partial charge on any atom is -0.497 e. The second-order valence-electron chi connectivity index (χ2n) is 6.36. The van der Waals surface area contributed by atoms with Gasteiger partial charge in [-0.25, -0.2) is 0 Å². The van der Waals surface area contributed by atoms with E-state index in [4.69, 9.17) is 14.0 Å². The summed E-state index contributed by atoms with van der Waals surface area (Å²) in [5.41, 5.74) is 2.88. The summed E-state index contributed by atoms with van der Waals surface area (Å²) in [4.78, 5) is 14.8. The van der Waals surface area contributed by atoms with E-state index < -0.39 is 0 Å². The van der Waals surface area contributed by atoms with Crippen LogP contribution in [0.15, 0.2) is 35.0 Å². The molecule has 0 unspecified atom stereocenters. The van der Waals surface area contributed by atoms with Crippen LogP contribution < -0.4 is 9.47 Å². The Bertz CT molecular complexity index is 992. The normalized spacial score (nSPS) is 13.4. The van der Waals surface area contributed by atoms with Crippen molar-refractivity contribution < 1.29 is 18.8 Å². The van der Waals surface area contributed by atoms with Crippen LogP contribution in [0.4, 0.5) is 0 Å². The molecule has 3 heterocycles. The van der Waals surface area contributed by atoms with Gasteiger partial charge in [0.05, 0.1) is 32.7 Å². The Hall–Kier alpha value is -3.29. The number of amides is 1. The molecule has 0 saturated heterocycles. The molecule has 8 nitrogen and oxygen atoms in total. The molecule has 0 N–H and O–H groups in total. The fourth-order valence-corrected chi connectivity index (χ4v) is 3.29. The zero-order valence-corrected chi connectivity index (χ0v) is 15.4. The van der Waals surface area contributed by atoms with Gasteiger partial charge in [0.15, 0.2) is 0 Å². The molecular weight excluding hydrogens is 348 g/mol. The highest BCUT2D eigenvalue weighted by atomic mass is 16.5. The summed E-state index contributed by atoms with van der Waals surface area (Å²) in [6, 6.07) is 7.27. The van der Waals surface area contributed by atoms with Crippen molar-refractivity contribution >= 4 is 5.91 Å². The van der Waals surface area contributed by atoms with Crippen molar-refractivity contribution in [2.45, 2.75) is 13.0 Å². The van der Waals surface area contributed by atoms with Gasteiger partial charge in [-0.05, 0) is 24.3 Å². The van der Waals surface area contributed by atoms with Crippen LogP contribution in [0.25, 0.3) is 11.3 Å². The molecular formula is C19H20N4O4. The monoisotopic (exact) mass is 368 g/mol. The molecule has 27 heavy (non-hydrogen) atoms. The maximum Gasteiger partial charge on any atom is 0.272 e. The number of nitrogens with zero attached hydrogens (tertiary/aromatic N) is 4. The van der Waals surface area contributed by atoms with Gasteiger partial charge in [-0.15, -0.1) is 0 Å². The van der Waals surface area contributed by atoms with E-state index >= 15 is 0 Å². The Morgan fingerprint density at radius 2 is 2.07 bits per heavy atom. The van der Waals surface area contributed by atoms with E-state index in [0.717, 1.165) is 16.9 Å². The Labute approximate surface area is 156 Å². The van der Waals surface area contributed by atoms with E-state index in [-0.39, 0.29) is 5.91 Å². The largest absolute Gasteiger partial charge is 0.497 e. The second kappa shape index (κ2) is 6.79. The van der Waals surface area contributed by atoms with Gasteiger partial charge in [0, 0.05) is 31.1 Å². The van der Waals surface area contributed by atoms with Crippen molar-refractivity contribution in [1.82, 2.24) is 19.8 Å². The van der Waals surface area contributed by atoms with Gasteiger partial charge in [0.2, 0.25) is 0 Å². The molecule has 0 atom stereocenters. The van der Waals surface area contributed by atoms with Gasteiger partial charge in [0.1, 0.15) is 23.0 Å². The molecule has 0 fully saturated rings. The summed E-state index contributed by atoms with van der Waals surface area (Å²) in [6.45, 7) is 1.07. The van der Waals surface area contributed by atoms with Crippen molar-refractivity contribution in [2.75, 3.05) is 20.8 Å². The average Bonchev–Trinajstić information content (AvgIpc) is 3.32. The van der Waals surface area contributed by atoms with Crippen molar-refractivity contribution in [1.29, 1.82) is 0 Å². The van der Waals surface area contributed by atoms with E-state index in [2.05, 4.69) is 10.3 Å². The van der Waals surface area contributed by atoms with E-state index in [9.17, 15) is 4.79 Å². The number of carbonyl (C=O) groups is 1. The smallest absolute Gasteiger partial charge is 0.272 e. The second-order valence-corrected chi connectivity index (χ2v) is 6.36. The number of benzene rings is 1. The number of hydrogen-bond donors (Lipinski definition) is 0. The number of rotatable bonds is 4. The lowest BCUT2D eigenvalue weighted by molar-refractivity contribution is 0.0717. The molecule has 8 heteroatoms. The highest BCUT2D eigenvalue weighted by Gasteiger charge is 2.27. The summed E-state index contributed by atoms with van der Waals surface area (Å²) in [7, 11) is 4.97. The fraction of sp³-hybridized carbons (Fsp3) is 0.316. The Balaban J connectivity index is 1.65. The predicted octanol–water partition coefficient (Wildman–Crippen LogP) is 2.29. The molecule has 0 bridgehead atoms. The number of aryl methyl sites for hydroxylation is 1. The molecule has 1 aliphatic rings. The third kappa shape index (κ3) is 3.03. The lowest BCUT2D eigenvalue weighted by Crippen LogP contribution is -2.36. The molecule has 2 aromatic heterocycles. The molecule has 1 aromatic carbocycles. The van der Waals surface area contributed by atoms with Gasteiger partial charge in [0.25, 0.3) is 5.91 Å². The summed E-state index contributed by atoms with van der Waals surface area (Å²) < 4.78 is 17.5. The van der Waals surface area contributed by atoms with Crippen LogP contribution in [0.3, 0.4) is 0 Å². The van der Waals surface area contributed by atoms with Crippen LogP contribution in [0.5, 0.6) is 11.5 Å². The average molecular weight is 368 g/mol. The molecule has 1 amide bonds. The molecule has 1 aliphatic heterocycles. The summed E-state index contributed by atoms with van der Waals surface area (Å²) in [6.07, 6.45) is 2.33. The zero-order chi connectivity index (χ0) is 19.0. The summed E-state index contributed by atoms with van der Waals surface area (Å²) in [5, 5.41) is 8.33. The number of carbonyl (C=O) groups excluding carboxylic acids is 1. The van der Waals surface area contributed by atoms with Gasteiger partial charge >= 0.3 is 0 Å². The summed E-state index contributed by atoms with van der Waals surface area (Å²) >= 11 is 0. The van der Waals surface area contributed by atoms with Gasteiger partial charge in [-0.1, -0.05) is 5.16 Å². The van der Waals surface area contributed by atoms with Crippen LogP contribution in [-0.4, -0.2) is 46.5 Å². The van der Waals surface area contributed by atoms with E-state index in [1.807, 2.05) is 18.2 Å². The quantitative estimate of drug-likeness (QED) is 0.703. The number of hydrogen-bond acceptors (Lipinski definition) is 6. The minimum atomic E-state index is -0.0787.